The molecular weight excluding hydrogens is 294 g/mol. The van der Waals surface area contributed by atoms with Crippen molar-refractivity contribution >= 4 is 34.2 Å². The van der Waals surface area contributed by atoms with Crippen LogP contribution in [-0.2, 0) is 4.79 Å². The molecule has 0 spiro atoms. The highest BCUT2D eigenvalue weighted by Gasteiger charge is 2.41. The van der Waals surface area contributed by atoms with Crippen LogP contribution in [0.1, 0.15) is 23.7 Å². The monoisotopic (exact) mass is 311 g/mol. The fourth-order valence-corrected chi connectivity index (χ4v) is 3.14. The van der Waals surface area contributed by atoms with Crippen LogP contribution >= 0.6 is 11.3 Å². The first kappa shape index (κ1) is 15.3. The van der Waals surface area contributed by atoms with E-state index in [4.69, 9.17) is 5.11 Å². The third-order valence-electron chi connectivity index (χ3n) is 3.65. The number of carbonyl (C=O) groups excluding carboxylic acids is 2. The summed E-state index contributed by atoms with van der Waals surface area (Å²) in [5.41, 5.74) is -0.529. The third kappa shape index (κ3) is 2.99. The largest absolute Gasteiger partial charge is 0.478 e. The molecule has 1 atom stereocenters. The summed E-state index contributed by atoms with van der Waals surface area (Å²) in [6.07, 6.45) is 0.580. The van der Waals surface area contributed by atoms with Crippen LogP contribution in [0.4, 0.5) is 9.80 Å². The van der Waals surface area contributed by atoms with Crippen LogP contribution in [0.3, 0.4) is 0 Å². The molecule has 1 aliphatic rings. The molecule has 1 saturated heterocycles. The van der Waals surface area contributed by atoms with E-state index in [0.717, 1.165) is 11.3 Å². The SMILES string of the molecule is CNC(=O)C1(C)CCN(C(=O)Nc2sccc2C(=O)O)C1. The number of aromatic carboxylic acids is 1. The van der Waals surface area contributed by atoms with Crippen molar-refractivity contribution in [3.8, 4) is 0 Å². The van der Waals surface area contributed by atoms with Crippen LogP contribution in [0.2, 0.25) is 0 Å². The van der Waals surface area contributed by atoms with Crippen LogP contribution in [0.25, 0.3) is 0 Å². The standard InChI is InChI=1S/C13H17N3O4S/c1-13(11(19)14-2)4-5-16(7-13)12(20)15-9-8(10(17)18)3-6-21-9/h3,6H,4-5,7H2,1-2H3,(H,14,19)(H,15,20)(H,17,18). The number of carboxylic acid groups (broad SMARTS) is 1. The molecule has 3 N–H and O–H groups in total. The summed E-state index contributed by atoms with van der Waals surface area (Å²) in [4.78, 5) is 36.5. The van der Waals surface area contributed by atoms with E-state index in [0.29, 0.717) is 24.5 Å². The second-order valence-corrected chi connectivity index (χ2v) is 6.13. The Hall–Kier alpha value is -2.09. The Bertz CT molecular complexity index is 586. The number of nitrogens with zero attached hydrogens (tertiary/aromatic N) is 1. The van der Waals surface area contributed by atoms with Gasteiger partial charge in [-0.2, -0.15) is 0 Å². The molecule has 1 aromatic rings. The van der Waals surface area contributed by atoms with E-state index in [1.54, 1.807) is 12.4 Å². The summed E-state index contributed by atoms with van der Waals surface area (Å²) in [6, 6.07) is 1.06. The maximum Gasteiger partial charge on any atom is 0.338 e. The maximum atomic E-state index is 12.2. The molecule has 0 aromatic carbocycles. The van der Waals surface area contributed by atoms with E-state index in [2.05, 4.69) is 10.6 Å². The first-order valence-electron chi connectivity index (χ1n) is 6.46. The minimum Gasteiger partial charge on any atom is -0.478 e. The first-order valence-corrected chi connectivity index (χ1v) is 7.34. The topological polar surface area (TPSA) is 98.7 Å². The zero-order valence-electron chi connectivity index (χ0n) is 11.8. The van der Waals surface area contributed by atoms with Gasteiger partial charge in [-0.1, -0.05) is 0 Å². The van der Waals surface area contributed by atoms with Crippen molar-refractivity contribution in [2.24, 2.45) is 5.41 Å². The van der Waals surface area contributed by atoms with E-state index in [1.165, 1.54) is 11.0 Å². The van der Waals surface area contributed by atoms with Gasteiger partial charge in [-0.25, -0.2) is 9.59 Å². The Labute approximate surface area is 125 Å². The van der Waals surface area contributed by atoms with Gasteiger partial charge in [-0.05, 0) is 24.8 Å². The van der Waals surface area contributed by atoms with Crippen LogP contribution in [-0.4, -0.2) is 48.1 Å². The molecule has 2 rings (SSSR count). The number of nitrogens with one attached hydrogen (secondary N) is 2. The molecule has 8 heteroatoms. The summed E-state index contributed by atoms with van der Waals surface area (Å²) < 4.78 is 0. The van der Waals surface area contributed by atoms with E-state index in [9.17, 15) is 14.4 Å². The predicted molar refractivity (Wildman–Crippen MR) is 78.7 cm³/mol. The van der Waals surface area contributed by atoms with Crippen molar-refractivity contribution in [3.63, 3.8) is 0 Å². The minimum atomic E-state index is -1.08. The van der Waals surface area contributed by atoms with Crippen molar-refractivity contribution in [3.05, 3.63) is 17.0 Å². The molecule has 0 radical (unpaired) electrons. The van der Waals surface area contributed by atoms with Crippen molar-refractivity contribution in [1.29, 1.82) is 0 Å². The predicted octanol–water partition coefficient (Wildman–Crippen LogP) is 1.44. The summed E-state index contributed by atoms with van der Waals surface area (Å²) in [6.45, 7) is 2.59. The number of carboxylic acids is 1. The van der Waals surface area contributed by atoms with E-state index < -0.39 is 11.4 Å². The summed E-state index contributed by atoms with van der Waals surface area (Å²) in [7, 11) is 1.57. The zero-order chi connectivity index (χ0) is 15.6. The lowest BCUT2D eigenvalue weighted by Crippen LogP contribution is -2.41. The quantitative estimate of drug-likeness (QED) is 0.786. The minimum absolute atomic E-state index is 0.0709. The normalized spacial score (nSPS) is 21.1. The molecule has 21 heavy (non-hydrogen) atoms. The Morgan fingerprint density at radius 1 is 1.43 bits per heavy atom. The average Bonchev–Trinajstić information content (AvgIpc) is 3.05. The maximum absolute atomic E-state index is 12.2. The van der Waals surface area contributed by atoms with Gasteiger partial charge < -0.3 is 15.3 Å². The molecule has 1 aromatic heterocycles. The van der Waals surface area contributed by atoms with Crippen molar-refractivity contribution < 1.29 is 19.5 Å². The van der Waals surface area contributed by atoms with Gasteiger partial charge in [0.15, 0.2) is 0 Å². The van der Waals surface area contributed by atoms with Gasteiger partial charge in [0.2, 0.25) is 5.91 Å². The van der Waals surface area contributed by atoms with Gasteiger partial charge in [-0.15, -0.1) is 11.3 Å². The van der Waals surface area contributed by atoms with E-state index in [1.807, 2.05) is 6.92 Å². The molecular formula is C13H17N3O4S. The number of amides is 3. The van der Waals surface area contributed by atoms with Crippen LogP contribution in [0.15, 0.2) is 11.4 Å². The number of likely N-dealkylation sites (tertiary alicyclic amines) is 1. The number of thiophene rings is 1. The van der Waals surface area contributed by atoms with Crippen molar-refractivity contribution in [2.75, 3.05) is 25.5 Å². The van der Waals surface area contributed by atoms with Gasteiger partial charge in [-0.3, -0.25) is 10.1 Å². The molecule has 1 unspecified atom stereocenters. The molecule has 1 aliphatic heterocycles. The van der Waals surface area contributed by atoms with Crippen molar-refractivity contribution in [2.45, 2.75) is 13.3 Å². The van der Waals surface area contributed by atoms with E-state index in [-0.39, 0.29) is 17.5 Å². The van der Waals surface area contributed by atoms with Gasteiger partial charge in [0.1, 0.15) is 5.00 Å². The number of anilines is 1. The van der Waals surface area contributed by atoms with Gasteiger partial charge >= 0.3 is 12.0 Å². The summed E-state index contributed by atoms with van der Waals surface area (Å²) >= 11 is 1.16. The van der Waals surface area contributed by atoms with Crippen LogP contribution in [0.5, 0.6) is 0 Å². The Morgan fingerprint density at radius 3 is 2.76 bits per heavy atom. The molecule has 0 bridgehead atoms. The molecule has 2 heterocycles. The summed E-state index contributed by atoms with van der Waals surface area (Å²) in [5, 5.41) is 16.1. The lowest BCUT2D eigenvalue weighted by molar-refractivity contribution is -0.128. The molecule has 0 saturated carbocycles. The lowest BCUT2D eigenvalue weighted by atomic mass is 9.89. The highest BCUT2D eigenvalue weighted by atomic mass is 32.1. The van der Waals surface area contributed by atoms with Gasteiger partial charge in [0, 0.05) is 20.1 Å². The zero-order valence-corrected chi connectivity index (χ0v) is 12.6. The average molecular weight is 311 g/mol. The number of carbonyl (C=O) groups is 3. The van der Waals surface area contributed by atoms with Crippen LogP contribution < -0.4 is 10.6 Å². The third-order valence-corrected chi connectivity index (χ3v) is 4.48. The Morgan fingerprint density at radius 2 is 2.14 bits per heavy atom. The molecule has 7 nitrogen and oxygen atoms in total. The molecule has 1 fully saturated rings. The van der Waals surface area contributed by atoms with Gasteiger partial charge in [0.05, 0.1) is 11.0 Å². The fourth-order valence-electron chi connectivity index (χ4n) is 2.37. The van der Waals surface area contributed by atoms with Crippen LogP contribution in [0, 0.1) is 5.41 Å². The molecule has 3 amide bonds. The molecule has 0 aliphatic carbocycles. The Balaban J connectivity index is 2.04. The highest BCUT2D eigenvalue weighted by Crippen LogP contribution is 2.31. The fraction of sp³-hybridized carbons (Fsp3) is 0.462. The van der Waals surface area contributed by atoms with Crippen molar-refractivity contribution in [1.82, 2.24) is 10.2 Å². The summed E-state index contributed by atoms with van der Waals surface area (Å²) in [5.74, 6) is -1.18. The second-order valence-electron chi connectivity index (χ2n) is 5.21. The van der Waals surface area contributed by atoms with E-state index >= 15 is 0 Å². The van der Waals surface area contributed by atoms with Gasteiger partial charge in [0.25, 0.3) is 0 Å². The number of hydrogen-bond acceptors (Lipinski definition) is 4. The number of hydrogen-bond donors (Lipinski definition) is 3. The smallest absolute Gasteiger partial charge is 0.338 e. The number of urea groups is 1. The molecule has 114 valence electrons. The first-order chi connectivity index (χ1) is 9.87. The Kier molecular flexibility index (Phi) is 4.17. The second kappa shape index (κ2) is 5.72. The lowest BCUT2D eigenvalue weighted by Gasteiger charge is -2.22. The number of rotatable bonds is 3. The highest BCUT2D eigenvalue weighted by molar-refractivity contribution is 7.14.